The number of anilines is 3. The molecule has 0 aromatic heterocycles. The normalized spacial score (nSPS) is 21.6. The second-order valence-electron chi connectivity index (χ2n) is 8.51. The lowest BCUT2D eigenvalue weighted by atomic mass is 9.90. The van der Waals surface area contributed by atoms with Crippen molar-refractivity contribution in [1.29, 1.82) is 0 Å². The summed E-state index contributed by atoms with van der Waals surface area (Å²) in [6.07, 6.45) is -0.981. The van der Waals surface area contributed by atoms with Gasteiger partial charge in [0.1, 0.15) is 5.92 Å². The summed E-state index contributed by atoms with van der Waals surface area (Å²) < 4.78 is 0. The molecular formula is C26H23N3O5. The van der Waals surface area contributed by atoms with Gasteiger partial charge in [0, 0.05) is 19.8 Å². The van der Waals surface area contributed by atoms with Crippen LogP contribution in [0.15, 0.2) is 78.9 Å². The van der Waals surface area contributed by atoms with Crippen LogP contribution < -0.4 is 14.9 Å². The summed E-state index contributed by atoms with van der Waals surface area (Å²) in [5.74, 6) is -2.67. The van der Waals surface area contributed by atoms with Crippen LogP contribution in [-0.2, 0) is 14.4 Å². The van der Waals surface area contributed by atoms with Crippen LogP contribution in [-0.4, -0.2) is 43.1 Å². The van der Waals surface area contributed by atoms with Gasteiger partial charge in [0.2, 0.25) is 5.91 Å². The summed E-state index contributed by atoms with van der Waals surface area (Å²) in [5, 5.41) is 10.8. The number of carboxylic acids is 1. The Hall–Kier alpha value is -4.17. The molecule has 0 saturated carbocycles. The van der Waals surface area contributed by atoms with Crippen LogP contribution in [0.1, 0.15) is 22.0 Å². The van der Waals surface area contributed by atoms with E-state index in [9.17, 15) is 14.4 Å². The van der Waals surface area contributed by atoms with E-state index in [2.05, 4.69) is 0 Å². The number of hydrogen-bond acceptors (Lipinski definition) is 6. The third-order valence-electron chi connectivity index (χ3n) is 6.25. The van der Waals surface area contributed by atoms with Crippen LogP contribution in [0.25, 0.3) is 0 Å². The number of carbonyl (C=O) groups is 3. The molecule has 1 N–H and O–H groups in total. The van der Waals surface area contributed by atoms with Gasteiger partial charge in [-0.1, -0.05) is 30.3 Å². The topological polar surface area (TPSA) is 90.4 Å². The number of carboxylic acid groups (broad SMARTS) is 1. The van der Waals surface area contributed by atoms with Gasteiger partial charge >= 0.3 is 5.97 Å². The number of amides is 2. The number of hydrogen-bond donors (Lipinski definition) is 1. The van der Waals surface area contributed by atoms with E-state index in [4.69, 9.17) is 9.94 Å². The Kier molecular flexibility index (Phi) is 5.30. The van der Waals surface area contributed by atoms with Crippen LogP contribution in [0.3, 0.4) is 0 Å². The summed E-state index contributed by atoms with van der Waals surface area (Å²) in [6, 6.07) is 22.4. The van der Waals surface area contributed by atoms with Gasteiger partial charge in [0.25, 0.3) is 5.91 Å². The first-order valence-corrected chi connectivity index (χ1v) is 10.9. The monoisotopic (exact) mass is 457 g/mol. The molecule has 3 aromatic rings. The standard InChI is InChI=1S/C26H23N3O5/c1-27(2)18-12-8-16(9-13-18)22-21-23(34-29(22)20-6-4-3-5-7-20)25(31)28(24(21)30)19-14-10-17(11-15-19)26(32)33/h3-15,21-23H,1-2H3,(H,32,33)/t21-,22-,23+/m1/s1. The Morgan fingerprint density at radius 1 is 0.853 bits per heavy atom. The second-order valence-corrected chi connectivity index (χ2v) is 8.51. The first-order valence-electron chi connectivity index (χ1n) is 10.9. The third-order valence-corrected chi connectivity index (χ3v) is 6.25. The SMILES string of the molecule is CN(C)c1ccc([C@@H]2[C@H]3C(=O)N(c4ccc(C(=O)O)cc4)C(=O)[C@H]3ON2c2ccccc2)cc1. The van der Waals surface area contributed by atoms with Gasteiger partial charge in [-0.15, -0.1) is 0 Å². The van der Waals surface area contributed by atoms with Crippen LogP contribution in [0.5, 0.6) is 0 Å². The molecule has 172 valence electrons. The van der Waals surface area contributed by atoms with Gasteiger partial charge in [0.15, 0.2) is 6.10 Å². The van der Waals surface area contributed by atoms with E-state index in [0.717, 1.165) is 21.8 Å². The summed E-state index contributed by atoms with van der Waals surface area (Å²) in [4.78, 5) is 47.4. The number of hydroxylamine groups is 1. The molecule has 34 heavy (non-hydrogen) atoms. The molecule has 0 radical (unpaired) electrons. The predicted octanol–water partition coefficient (Wildman–Crippen LogP) is 3.50. The molecular weight excluding hydrogens is 434 g/mol. The lowest BCUT2D eigenvalue weighted by molar-refractivity contribution is -0.126. The first-order chi connectivity index (χ1) is 16.4. The molecule has 2 aliphatic heterocycles. The van der Waals surface area contributed by atoms with Crippen molar-refractivity contribution in [2.45, 2.75) is 12.1 Å². The average molecular weight is 457 g/mol. The third kappa shape index (κ3) is 3.48. The fourth-order valence-corrected chi connectivity index (χ4v) is 4.53. The Morgan fingerprint density at radius 2 is 1.50 bits per heavy atom. The van der Waals surface area contributed by atoms with Crippen molar-refractivity contribution in [3.8, 4) is 0 Å². The Labute approximate surface area is 196 Å². The molecule has 3 aromatic carbocycles. The minimum Gasteiger partial charge on any atom is -0.478 e. The zero-order valence-electron chi connectivity index (χ0n) is 18.7. The van der Waals surface area contributed by atoms with Gasteiger partial charge in [-0.3, -0.25) is 14.4 Å². The molecule has 2 amide bonds. The Balaban J connectivity index is 1.54. The van der Waals surface area contributed by atoms with Crippen molar-refractivity contribution in [3.63, 3.8) is 0 Å². The maximum absolute atomic E-state index is 13.6. The molecule has 8 heteroatoms. The van der Waals surface area contributed by atoms with Gasteiger partial charge in [-0.2, -0.15) is 0 Å². The lowest BCUT2D eigenvalue weighted by Crippen LogP contribution is -2.37. The molecule has 0 bridgehead atoms. The number of fused-ring (bicyclic) bond motifs is 1. The van der Waals surface area contributed by atoms with E-state index in [-0.39, 0.29) is 11.5 Å². The molecule has 0 aliphatic carbocycles. The number of imide groups is 1. The summed E-state index contributed by atoms with van der Waals surface area (Å²) in [6.45, 7) is 0. The molecule has 3 atom stereocenters. The molecule has 2 fully saturated rings. The van der Waals surface area contributed by atoms with Crippen LogP contribution in [0, 0.1) is 5.92 Å². The molecule has 2 heterocycles. The fraction of sp³-hybridized carbons (Fsp3) is 0.192. The molecule has 8 nitrogen and oxygen atoms in total. The Bertz CT molecular complexity index is 1240. The van der Waals surface area contributed by atoms with E-state index in [1.165, 1.54) is 24.3 Å². The van der Waals surface area contributed by atoms with Gasteiger partial charge in [0.05, 0.1) is 23.0 Å². The van der Waals surface area contributed by atoms with Crippen LogP contribution >= 0.6 is 0 Å². The van der Waals surface area contributed by atoms with E-state index in [1.807, 2.05) is 73.6 Å². The maximum atomic E-state index is 13.6. The zero-order valence-corrected chi connectivity index (χ0v) is 18.7. The van der Waals surface area contributed by atoms with Crippen molar-refractivity contribution in [3.05, 3.63) is 90.0 Å². The van der Waals surface area contributed by atoms with Crippen molar-refractivity contribution >= 4 is 34.8 Å². The molecule has 0 unspecified atom stereocenters. The summed E-state index contributed by atoms with van der Waals surface area (Å²) in [5.41, 5.74) is 3.02. The van der Waals surface area contributed by atoms with Gasteiger partial charge < -0.3 is 10.0 Å². The molecule has 2 aliphatic rings. The molecule has 2 saturated heterocycles. The van der Waals surface area contributed by atoms with Gasteiger partial charge in [-0.05, 0) is 54.1 Å². The number of benzene rings is 3. The maximum Gasteiger partial charge on any atom is 0.335 e. The van der Waals surface area contributed by atoms with E-state index in [0.29, 0.717) is 5.69 Å². The van der Waals surface area contributed by atoms with E-state index >= 15 is 0 Å². The number of carbonyl (C=O) groups excluding carboxylic acids is 2. The van der Waals surface area contributed by atoms with E-state index in [1.54, 1.807) is 5.06 Å². The summed E-state index contributed by atoms with van der Waals surface area (Å²) >= 11 is 0. The number of para-hydroxylation sites is 1. The highest BCUT2D eigenvalue weighted by Crippen LogP contribution is 2.47. The smallest absolute Gasteiger partial charge is 0.335 e. The second kappa shape index (κ2) is 8.31. The lowest BCUT2D eigenvalue weighted by Gasteiger charge is -2.29. The van der Waals surface area contributed by atoms with Crippen molar-refractivity contribution in [2.24, 2.45) is 5.92 Å². The summed E-state index contributed by atoms with van der Waals surface area (Å²) in [7, 11) is 3.90. The van der Waals surface area contributed by atoms with Crippen LogP contribution in [0.4, 0.5) is 17.1 Å². The van der Waals surface area contributed by atoms with Crippen molar-refractivity contribution in [1.82, 2.24) is 0 Å². The van der Waals surface area contributed by atoms with E-state index < -0.39 is 29.9 Å². The Morgan fingerprint density at radius 3 is 2.09 bits per heavy atom. The highest BCUT2D eigenvalue weighted by atomic mass is 16.7. The number of rotatable bonds is 5. The highest BCUT2D eigenvalue weighted by Gasteiger charge is 2.60. The largest absolute Gasteiger partial charge is 0.478 e. The number of aromatic carboxylic acids is 1. The fourth-order valence-electron chi connectivity index (χ4n) is 4.53. The number of nitrogens with zero attached hydrogens (tertiary/aromatic N) is 3. The zero-order chi connectivity index (χ0) is 24.0. The highest BCUT2D eigenvalue weighted by molar-refractivity contribution is 6.24. The van der Waals surface area contributed by atoms with Crippen molar-refractivity contribution in [2.75, 3.05) is 29.0 Å². The minimum absolute atomic E-state index is 0.0772. The van der Waals surface area contributed by atoms with Crippen LogP contribution in [0.2, 0.25) is 0 Å². The van der Waals surface area contributed by atoms with Crippen molar-refractivity contribution < 1.29 is 24.3 Å². The minimum atomic E-state index is -1.08. The first kappa shape index (κ1) is 21.7. The molecule has 0 spiro atoms. The molecule has 5 rings (SSSR count). The van der Waals surface area contributed by atoms with Gasteiger partial charge in [-0.25, -0.2) is 14.8 Å². The average Bonchev–Trinajstić information content (AvgIpc) is 3.35. The quantitative estimate of drug-likeness (QED) is 0.587. The predicted molar refractivity (Wildman–Crippen MR) is 127 cm³/mol.